The molecule has 6 nitrogen and oxygen atoms in total. The second kappa shape index (κ2) is 10.6. The number of carbonyl (C=O) groups is 2. The Bertz CT molecular complexity index is 782. The lowest BCUT2D eigenvalue weighted by Crippen LogP contribution is -2.40. The fourth-order valence-electron chi connectivity index (χ4n) is 3.19. The average molecular weight is 419 g/mol. The number of nitrogens with one attached hydrogen (secondary N) is 1. The largest absolute Gasteiger partial charge is 0.355 e. The molecular formula is C20H26N4O2S2. The van der Waals surface area contributed by atoms with Gasteiger partial charge in [-0.15, -0.1) is 23.1 Å². The third-order valence-electron chi connectivity index (χ3n) is 4.59. The van der Waals surface area contributed by atoms with Crippen LogP contribution in [0.4, 0.5) is 0 Å². The molecule has 1 fully saturated rings. The topological polar surface area (TPSA) is 65.5 Å². The van der Waals surface area contributed by atoms with Gasteiger partial charge in [-0.1, -0.05) is 12.1 Å². The number of hydrogen-bond donors (Lipinski definition) is 1. The number of likely N-dealkylation sites (N-methyl/N-ethyl adjacent to an activating group) is 1. The second-order valence-electron chi connectivity index (χ2n) is 6.64. The number of rotatable bonds is 7. The molecule has 0 atom stereocenters. The highest BCUT2D eigenvalue weighted by molar-refractivity contribution is 7.98. The molecule has 8 heteroatoms. The Labute approximate surface area is 174 Å². The summed E-state index contributed by atoms with van der Waals surface area (Å²) in [5, 5.41) is 4.88. The summed E-state index contributed by atoms with van der Waals surface area (Å²) < 4.78 is 0. The van der Waals surface area contributed by atoms with Crippen molar-refractivity contribution < 1.29 is 9.59 Å². The SMILES string of the molecule is CCNC(=O)CN1CCCN(C(=O)c2ccccc2SCc2cscn2)CC1. The monoisotopic (exact) mass is 418 g/mol. The lowest BCUT2D eigenvalue weighted by Gasteiger charge is -2.22. The predicted octanol–water partition coefficient (Wildman–Crippen LogP) is 2.72. The lowest BCUT2D eigenvalue weighted by molar-refractivity contribution is -0.122. The standard InChI is InChI=1S/C20H26N4O2S2/c1-2-21-19(25)12-23-8-5-9-24(11-10-23)20(26)17-6-3-4-7-18(17)28-14-16-13-27-15-22-16/h3-4,6-7,13,15H,2,5,8-12,14H2,1H3,(H,21,25). The second-order valence-corrected chi connectivity index (χ2v) is 8.38. The molecule has 0 saturated carbocycles. The van der Waals surface area contributed by atoms with E-state index in [1.54, 1.807) is 23.1 Å². The number of thioether (sulfide) groups is 1. The summed E-state index contributed by atoms with van der Waals surface area (Å²) in [4.78, 5) is 34.4. The van der Waals surface area contributed by atoms with Crippen LogP contribution >= 0.6 is 23.1 Å². The molecular weight excluding hydrogens is 392 g/mol. The van der Waals surface area contributed by atoms with Gasteiger partial charge in [0.15, 0.2) is 0 Å². The molecule has 2 amide bonds. The maximum Gasteiger partial charge on any atom is 0.255 e. The third kappa shape index (κ3) is 5.80. The number of carbonyl (C=O) groups excluding carboxylic acids is 2. The maximum absolute atomic E-state index is 13.2. The Balaban J connectivity index is 1.61. The van der Waals surface area contributed by atoms with Crippen molar-refractivity contribution in [2.24, 2.45) is 0 Å². The van der Waals surface area contributed by atoms with E-state index in [0.717, 1.165) is 48.0 Å². The van der Waals surface area contributed by atoms with Gasteiger partial charge in [-0.3, -0.25) is 14.5 Å². The van der Waals surface area contributed by atoms with E-state index in [1.807, 2.05) is 47.0 Å². The Kier molecular flexibility index (Phi) is 7.88. The zero-order chi connectivity index (χ0) is 19.8. The summed E-state index contributed by atoms with van der Waals surface area (Å²) in [5.41, 5.74) is 3.62. The molecule has 0 spiro atoms. The first-order valence-electron chi connectivity index (χ1n) is 9.54. The summed E-state index contributed by atoms with van der Waals surface area (Å²) in [6.45, 7) is 5.88. The molecule has 2 aromatic rings. The first-order valence-corrected chi connectivity index (χ1v) is 11.5. The molecule has 28 heavy (non-hydrogen) atoms. The van der Waals surface area contributed by atoms with Crippen LogP contribution in [0, 0.1) is 0 Å². The molecule has 0 bridgehead atoms. The van der Waals surface area contributed by atoms with Crippen LogP contribution in [-0.2, 0) is 10.5 Å². The molecule has 1 aromatic carbocycles. The number of amides is 2. The van der Waals surface area contributed by atoms with E-state index >= 15 is 0 Å². The number of nitrogens with zero attached hydrogens (tertiary/aromatic N) is 3. The molecule has 1 N–H and O–H groups in total. The van der Waals surface area contributed by atoms with Crippen LogP contribution in [-0.4, -0.2) is 65.9 Å². The van der Waals surface area contributed by atoms with Crippen LogP contribution in [0.3, 0.4) is 0 Å². The highest BCUT2D eigenvalue weighted by atomic mass is 32.2. The molecule has 1 aliphatic heterocycles. The van der Waals surface area contributed by atoms with Crippen LogP contribution in [0.5, 0.6) is 0 Å². The average Bonchev–Trinajstić information content (AvgIpc) is 3.12. The van der Waals surface area contributed by atoms with Crippen molar-refractivity contribution in [3.63, 3.8) is 0 Å². The summed E-state index contributed by atoms with van der Waals surface area (Å²) in [7, 11) is 0. The van der Waals surface area contributed by atoms with Crippen LogP contribution in [0.15, 0.2) is 40.1 Å². The van der Waals surface area contributed by atoms with Crippen molar-refractivity contribution in [3.8, 4) is 0 Å². The summed E-state index contributed by atoms with van der Waals surface area (Å²) >= 11 is 3.23. The van der Waals surface area contributed by atoms with Crippen molar-refractivity contribution in [2.45, 2.75) is 24.0 Å². The van der Waals surface area contributed by atoms with Crippen LogP contribution in [0.25, 0.3) is 0 Å². The Morgan fingerprint density at radius 1 is 1.21 bits per heavy atom. The van der Waals surface area contributed by atoms with Gasteiger partial charge >= 0.3 is 0 Å². The minimum atomic E-state index is 0.0473. The fraction of sp³-hybridized carbons (Fsp3) is 0.450. The Morgan fingerprint density at radius 3 is 2.86 bits per heavy atom. The third-order valence-corrected chi connectivity index (χ3v) is 6.34. The molecule has 0 aliphatic carbocycles. The predicted molar refractivity (Wildman–Crippen MR) is 114 cm³/mol. The van der Waals surface area contributed by atoms with Crippen molar-refractivity contribution in [1.82, 2.24) is 20.1 Å². The molecule has 0 unspecified atom stereocenters. The van der Waals surface area contributed by atoms with Gasteiger partial charge in [0.05, 0.1) is 23.3 Å². The molecule has 150 valence electrons. The van der Waals surface area contributed by atoms with Crippen LogP contribution in [0.1, 0.15) is 29.4 Å². The minimum absolute atomic E-state index is 0.0473. The smallest absolute Gasteiger partial charge is 0.255 e. The zero-order valence-corrected chi connectivity index (χ0v) is 17.7. The first kappa shape index (κ1) is 20.8. The molecule has 1 aliphatic rings. The number of aromatic nitrogens is 1. The molecule has 1 aromatic heterocycles. The lowest BCUT2D eigenvalue weighted by atomic mass is 10.2. The van der Waals surface area contributed by atoms with Crippen LogP contribution in [0.2, 0.25) is 0 Å². The first-order chi connectivity index (χ1) is 13.7. The van der Waals surface area contributed by atoms with Crippen molar-refractivity contribution in [2.75, 3.05) is 39.3 Å². The van der Waals surface area contributed by atoms with Crippen molar-refractivity contribution >= 4 is 34.9 Å². The van der Waals surface area contributed by atoms with E-state index in [0.29, 0.717) is 19.6 Å². The van der Waals surface area contributed by atoms with E-state index in [4.69, 9.17) is 0 Å². The molecule has 0 radical (unpaired) electrons. The van der Waals surface area contributed by atoms with Crippen molar-refractivity contribution in [3.05, 3.63) is 46.4 Å². The molecule has 3 rings (SSSR count). The van der Waals surface area contributed by atoms with Crippen molar-refractivity contribution in [1.29, 1.82) is 0 Å². The molecule has 1 saturated heterocycles. The van der Waals surface area contributed by atoms with Gasteiger partial charge in [-0.2, -0.15) is 0 Å². The van der Waals surface area contributed by atoms with E-state index in [2.05, 4.69) is 15.2 Å². The van der Waals surface area contributed by atoms with Crippen LogP contribution < -0.4 is 5.32 Å². The Hall–Kier alpha value is -1.90. The minimum Gasteiger partial charge on any atom is -0.355 e. The van der Waals surface area contributed by atoms with Gasteiger partial charge in [0.25, 0.3) is 5.91 Å². The van der Waals surface area contributed by atoms with Gasteiger partial charge in [0.1, 0.15) is 0 Å². The Morgan fingerprint density at radius 2 is 2.07 bits per heavy atom. The number of benzene rings is 1. The van der Waals surface area contributed by atoms with Gasteiger partial charge in [0.2, 0.25) is 5.91 Å². The summed E-state index contributed by atoms with van der Waals surface area (Å²) in [5.74, 6) is 0.876. The van der Waals surface area contributed by atoms with Gasteiger partial charge in [-0.25, -0.2) is 4.98 Å². The molecule has 2 heterocycles. The number of thiazole rings is 1. The van der Waals surface area contributed by atoms with Gasteiger partial charge in [0, 0.05) is 48.8 Å². The quantitative estimate of drug-likeness (QED) is 0.701. The van der Waals surface area contributed by atoms with Gasteiger partial charge < -0.3 is 10.2 Å². The highest BCUT2D eigenvalue weighted by Gasteiger charge is 2.23. The fourth-order valence-corrected chi connectivity index (χ4v) is 4.80. The van der Waals surface area contributed by atoms with E-state index in [9.17, 15) is 9.59 Å². The van der Waals surface area contributed by atoms with Gasteiger partial charge in [-0.05, 0) is 25.5 Å². The number of hydrogen-bond acceptors (Lipinski definition) is 6. The maximum atomic E-state index is 13.2. The van der Waals surface area contributed by atoms with E-state index < -0.39 is 0 Å². The highest BCUT2D eigenvalue weighted by Crippen LogP contribution is 2.27. The zero-order valence-electron chi connectivity index (χ0n) is 16.1. The summed E-state index contributed by atoms with van der Waals surface area (Å²) in [6.07, 6.45) is 0.874. The van der Waals surface area contributed by atoms with E-state index in [1.165, 1.54) is 0 Å². The normalized spacial score (nSPS) is 15.2. The van der Waals surface area contributed by atoms with E-state index in [-0.39, 0.29) is 11.8 Å². The summed E-state index contributed by atoms with van der Waals surface area (Å²) in [6, 6.07) is 7.79.